The maximum Gasteiger partial charge on any atom is 0.278 e. The minimum Gasteiger partial charge on any atom is -0.496 e. The van der Waals surface area contributed by atoms with E-state index in [2.05, 4.69) is 16.8 Å². The first kappa shape index (κ1) is 20.1. The lowest BCUT2D eigenvalue weighted by Crippen LogP contribution is -2.47. The van der Waals surface area contributed by atoms with Gasteiger partial charge in [0.05, 0.1) is 24.9 Å². The molecular formula is C23H26N4O3. The smallest absolute Gasteiger partial charge is 0.278 e. The van der Waals surface area contributed by atoms with Crippen LogP contribution in [0.1, 0.15) is 18.2 Å². The molecule has 0 saturated carbocycles. The predicted molar refractivity (Wildman–Crippen MR) is 113 cm³/mol. The number of para-hydroxylation sites is 1. The Morgan fingerprint density at radius 2 is 1.70 bits per heavy atom. The molecule has 1 aromatic carbocycles. The van der Waals surface area contributed by atoms with Gasteiger partial charge in [-0.3, -0.25) is 19.5 Å². The highest BCUT2D eigenvalue weighted by molar-refractivity contribution is 6.35. The van der Waals surface area contributed by atoms with Crippen LogP contribution >= 0.6 is 0 Å². The third-order valence-electron chi connectivity index (χ3n) is 5.70. The Balaban J connectivity index is 1.74. The Bertz CT molecular complexity index is 965. The van der Waals surface area contributed by atoms with Crippen LogP contribution in [0.15, 0.2) is 54.4 Å². The highest BCUT2D eigenvalue weighted by Gasteiger charge is 2.43. The van der Waals surface area contributed by atoms with Gasteiger partial charge in [0.25, 0.3) is 11.8 Å². The van der Waals surface area contributed by atoms with Gasteiger partial charge in [-0.2, -0.15) is 0 Å². The van der Waals surface area contributed by atoms with Crippen molar-refractivity contribution in [3.05, 3.63) is 65.6 Å². The topological polar surface area (TPSA) is 66.0 Å². The Morgan fingerprint density at radius 3 is 2.37 bits per heavy atom. The third-order valence-corrected chi connectivity index (χ3v) is 5.70. The van der Waals surface area contributed by atoms with Gasteiger partial charge in [-0.25, -0.2) is 0 Å². The highest BCUT2D eigenvalue weighted by atomic mass is 16.5. The first-order valence-electron chi connectivity index (χ1n) is 10.2. The number of methoxy groups -OCH3 is 1. The van der Waals surface area contributed by atoms with Crippen molar-refractivity contribution in [2.45, 2.75) is 13.5 Å². The summed E-state index contributed by atoms with van der Waals surface area (Å²) >= 11 is 0. The summed E-state index contributed by atoms with van der Waals surface area (Å²) in [6.07, 6.45) is 1.67. The number of piperazine rings is 1. The van der Waals surface area contributed by atoms with Gasteiger partial charge in [0.1, 0.15) is 11.4 Å². The number of nitrogens with zero attached hydrogens (tertiary/aromatic N) is 4. The number of ether oxygens (including phenoxy) is 1. The van der Waals surface area contributed by atoms with Crippen molar-refractivity contribution in [2.75, 3.05) is 39.8 Å². The first-order chi connectivity index (χ1) is 14.6. The average molecular weight is 406 g/mol. The summed E-state index contributed by atoms with van der Waals surface area (Å²) in [6.45, 7) is 6.40. The monoisotopic (exact) mass is 406 g/mol. The Morgan fingerprint density at radius 1 is 0.967 bits per heavy atom. The van der Waals surface area contributed by atoms with E-state index in [1.165, 1.54) is 4.90 Å². The van der Waals surface area contributed by atoms with E-state index in [9.17, 15) is 9.59 Å². The lowest BCUT2D eigenvalue weighted by molar-refractivity contribution is -0.138. The van der Waals surface area contributed by atoms with Crippen LogP contribution < -0.4 is 4.74 Å². The number of rotatable bonds is 6. The molecule has 4 rings (SSSR count). The second kappa shape index (κ2) is 8.67. The molecule has 30 heavy (non-hydrogen) atoms. The summed E-state index contributed by atoms with van der Waals surface area (Å²) < 4.78 is 5.51. The molecule has 0 bridgehead atoms. The van der Waals surface area contributed by atoms with E-state index in [1.807, 2.05) is 47.4 Å². The Labute approximate surface area is 176 Å². The van der Waals surface area contributed by atoms with Gasteiger partial charge in [-0.15, -0.1) is 0 Å². The third kappa shape index (κ3) is 3.68. The normalized spacial score (nSPS) is 17.8. The number of benzene rings is 1. The lowest BCUT2D eigenvalue weighted by atomic mass is 10.0. The molecule has 2 aliphatic rings. The number of carbonyl (C=O) groups is 2. The molecule has 0 N–H and O–H groups in total. The molecular weight excluding hydrogens is 380 g/mol. The highest BCUT2D eigenvalue weighted by Crippen LogP contribution is 2.37. The number of aromatic nitrogens is 1. The van der Waals surface area contributed by atoms with Crippen LogP contribution in [-0.4, -0.2) is 71.3 Å². The zero-order valence-electron chi connectivity index (χ0n) is 17.4. The maximum absolute atomic E-state index is 13.5. The van der Waals surface area contributed by atoms with E-state index >= 15 is 0 Å². The summed E-state index contributed by atoms with van der Waals surface area (Å²) in [6, 6.07) is 12.9. The Hall–Kier alpha value is -3.19. The fraction of sp³-hybridized carbons (Fsp3) is 0.348. The zero-order valence-corrected chi connectivity index (χ0v) is 17.4. The van der Waals surface area contributed by atoms with Gasteiger partial charge < -0.3 is 14.5 Å². The van der Waals surface area contributed by atoms with Crippen LogP contribution in [0.4, 0.5) is 0 Å². The van der Waals surface area contributed by atoms with E-state index < -0.39 is 0 Å². The molecule has 156 valence electrons. The fourth-order valence-corrected chi connectivity index (χ4v) is 4.04. The quantitative estimate of drug-likeness (QED) is 0.684. The summed E-state index contributed by atoms with van der Waals surface area (Å²) in [5.74, 6) is 0.0117. The van der Waals surface area contributed by atoms with E-state index in [0.29, 0.717) is 41.4 Å². The van der Waals surface area contributed by atoms with Crippen molar-refractivity contribution in [1.82, 2.24) is 19.7 Å². The molecule has 0 unspecified atom stereocenters. The van der Waals surface area contributed by atoms with Crippen LogP contribution in [-0.2, 0) is 16.1 Å². The van der Waals surface area contributed by atoms with E-state index in [1.54, 1.807) is 13.3 Å². The van der Waals surface area contributed by atoms with Gasteiger partial charge in [-0.1, -0.05) is 31.2 Å². The minimum absolute atomic E-state index is 0.148. The largest absolute Gasteiger partial charge is 0.496 e. The molecule has 3 heterocycles. The molecule has 0 atom stereocenters. The summed E-state index contributed by atoms with van der Waals surface area (Å²) in [5.41, 5.74) is 2.21. The molecule has 2 aliphatic heterocycles. The van der Waals surface area contributed by atoms with Gasteiger partial charge >= 0.3 is 0 Å². The molecule has 2 amide bonds. The molecule has 7 nitrogen and oxygen atoms in total. The lowest BCUT2D eigenvalue weighted by Gasteiger charge is -2.36. The maximum atomic E-state index is 13.5. The second-order valence-corrected chi connectivity index (χ2v) is 7.36. The average Bonchev–Trinajstić information content (AvgIpc) is 3.04. The number of hydrogen-bond donors (Lipinski definition) is 0. The number of amides is 2. The second-order valence-electron chi connectivity index (χ2n) is 7.36. The van der Waals surface area contributed by atoms with Crippen molar-refractivity contribution in [3.8, 4) is 5.75 Å². The Kier molecular flexibility index (Phi) is 5.81. The molecule has 0 radical (unpaired) electrons. The SMILES string of the molecule is CCN1CCN(C2=C(c3ccccc3OC)C(=O)N(Cc3ccccn3)C2=O)CC1. The summed E-state index contributed by atoms with van der Waals surface area (Å²) in [4.78, 5) is 36.9. The van der Waals surface area contributed by atoms with Crippen molar-refractivity contribution < 1.29 is 14.3 Å². The predicted octanol–water partition coefficient (Wildman–Crippen LogP) is 2.01. The number of pyridine rings is 1. The summed E-state index contributed by atoms with van der Waals surface area (Å²) in [5, 5.41) is 0. The number of likely N-dealkylation sites (N-methyl/N-ethyl adjacent to an activating group) is 1. The number of imide groups is 1. The number of carbonyl (C=O) groups excluding carboxylic acids is 2. The van der Waals surface area contributed by atoms with Gasteiger partial charge in [0.2, 0.25) is 0 Å². The van der Waals surface area contributed by atoms with Crippen LogP contribution in [0.5, 0.6) is 5.75 Å². The molecule has 7 heteroatoms. The molecule has 0 spiro atoms. The summed E-state index contributed by atoms with van der Waals surface area (Å²) in [7, 11) is 1.58. The van der Waals surface area contributed by atoms with E-state index in [4.69, 9.17) is 4.74 Å². The standard InChI is InChI=1S/C23H26N4O3/c1-3-25-12-14-26(15-13-25)21-20(18-9-4-5-10-19(18)30-2)22(28)27(23(21)29)16-17-8-6-7-11-24-17/h4-11H,3,12-16H2,1-2H3. The molecule has 0 aliphatic carbocycles. The van der Waals surface area contributed by atoms with Crippen LogP contribution in [0.3, 0.4) is 0 Å². The van der Waals surface area contributed by atoms with Crippen LogP contribution in [0, 0.1) is 0 Å². The molecule has 2 aromatic rings. The first-order valence-corrected chi connectivity index (χ1v) is 10.2. The van der Waals surface area contributed by atoms with Crippen molar-refractivity contribution >= 4 is 17.4 Å². The van der Waals surface area contributed by atoms with Crippen molar-refractivity contribution in [3.63, 3.8) is 0 Å². The van der Waals surface area contributed by atoms with Gasteiger partial charge in [0.15, 0.2) is 0 Å². The minimum atomic E-state index is -0.303. The van der Waals surface area contributed by atoms with Crippen molar-refractivity contribution in [1.29, 1.82) is 0 Å². The van der Waals surface area contributed by atoms with E-state index in [-0.39, 0.29) is 18.4 Å². The molecule has 1 saturated heterocycles. The van der Waals surface area contributed by atoms with Crippen LogP contribution in [0.2, 0.25) is 0 Å². The van der Waals surface area contributed by atoms with Crippen molar-refractivity contribution in [2.24, 2.45) is 0 Å². The van der Waals surface area contributed by atoms with Gasteiger partial charge in [0, 0.05) is 37.9 Å². The number of hydrogen-bond acceptors (Lipinski definition) is 6. The van der Waals surface area contributed by atoms with E-state index in [0.717, 1.165) is 19.6 Å². The fourth-order valence-electron chi connectivity index (χ4n) is 4.04. The molecule has 1 aromatic heterocycles. The zero-order chi connectivity index (χ0) is 21.1. The van der Waals surface area contributed by atoms with Crippen LogP contribution in [0.25, 0.3) is 5.57 Å². The van der Waals surface area contributed by atoms with Gasteiger partial charge in [-0.05, 0) is 24.7 Å². The molecule has 1 fully saturated rings.